The molecule has 0 aliphatic carbocycles. The van der Waals surface area contributed by atoms with E-state index in [1.165, 1.54) is 0 Å². The maximum atomic E-state index is 12.3. The third kappa shape index (κ3) is 4.27. The summed E-state index contributed by atoms with van der Waals surface area (Å²) in [4.78, 5) is 22.9. The number of likely N-dealkylation sites (tertiary alicyclic amines) is 1. The third-order valence-electron chi connectivity index (χ3n) is 4.68. The number of hydrogen-bond donors (Lipinski definition) is 1. The van der Waals surface area contributed by atoms with Crippen LogP contribution in [0.15, 0.2) is 30.5 Å². The molecular weight excluding hydrogens is 386 g/mol. The van der Waals surface area contributed by atoms with Crippen molar-refractivity contribution in [3.63, 3.8) is 0 Å². The second kappa shape index (κ2) is 7.77. The number of rotatable bonds is 4. The lowest BCUT2D eigenvalue weighted by atomic mass is 10.2. The zero-order valence-corrected chi connectivity index (χ0v) is 17.5. The zero-order chi connectivity index (χ0) is 21.3. The Morgan fingerprint density at radius 3 is 2.70 bits per heavy atom. The van der Waals surface area contributed by atoms with E-state index >= 15 is 0 Å². The van der Waals surface area contributed by atoms with Crippen molar-refractivity contribution in [3.05, 3.63) is 30.5 Å². The van der Waals surface area contributed by atoms with Crippen molar-refractivity contribution in [2.45, 2.75) is 38.8 Å². The molecule has 1 atom stereocenters. The Hall–Kier alpha value is -3.43. The number of benzene rings is 1. The van der Waals surface area contributed by atoms with Crippen LogP contribution in [0.4, 0.5) is 10.7 Å². The van der Waals surface area contributed by atoms with Crippen molar-refractivity contribution >= 4 is 23.2 Å². The van der Waals surface area contributed by atoms with Crippen LogP contribution in [0.3, 0.4) is 0 Å². The molecule has 4 rings (SSSR count). The highest BCUT2D eigenvalue weighted by Gasteiger charge is 2.30. The number of fused-ring (bicyclic) bond motifs is 1. The molecule has 1 aromatic carbocycles. The van der Waals surface area contributed by atoms with Gasteiger partial charge in [-0.1, -0.05) is 5.21 Å². The number of methoxy groups -OCH3 is 1. The smallest absolute Gasteiger partial charge is 0.410 e. The van der Waals surface area contributed by atoms with Gasteiger partial charge in [-0.15, -0.1) is 5.10 Å². The molecule has 10 nitrogen and oxygen atoms in total. The van der Waals surface area contributed by atoms with E-state index in [2.05, 4.69) is 25.6 Å². The van der Waals surface area contributed by atoms with Crippen LogP contribution in [0.25, 0.3) is 16.9 Å². The summed E-state index contributed by atoms with van der Waals surface area (Å²) in [5, 5.41) is 11.6. The van der Waals surface area contributed by atoms with E-state index in [1.807, 2.05) is 45.0 Å². The molecule has 0 unspecified atom stereocenters. The summed E-state index contributed by atoms with van der Waals surface area (Å²) >= 11 is 0. The molecule has 1 saturated heterocycles. The molecule has 1 aliphatic heterocycles. The van der Waals surface area contributed by atoms with E-state index in [1.54, 1.807) is 22.9 Å². The van der Waals surface area contributed by atoms with Gasteiger partial charge in [-0.05, 0) is 51.5 Å². The van der Waals surface area contributed by atoms with E-state index in [0.717, 1.165) is 17.9 Å². The minimum atomic E-state index is -0.510. The van der Waals surface area contributed by atoms with Crippen molar-refractivity contribution in [3.8, 4) is 11.4 Å². The molecule has 3 heterocycles. The number of nitrogens with one attached hydrogen (secondary N) is 1. The average Bonchev–Trinajstić information content (AvgIpc) is 3.34. The van der Waals surface area contributed by atoms with Crippen LogP contribution in [-0.4, -0.2) is 67.8 Å². The fourth-order valence-electron chi connectivity index (χ4n) is 3.25. The first-order chi connectivity index (χ1) is 14.3. The highest BCUT2D eigenvalue weighted by Crippen LogP contribution is 2.20. The molecule has 0 spiro atoms. The Kier molecular flexibility index (Phi) is 5.15. The number of aromatic nitrogens is 5. The zero-order valence-electron chi connectivity index (χ0n) is 17.5. The monoisotopic (exact) mass is 411 g/mol. The van der Waals surface area contributed by atoms with Crippen molar-refractivity contribution in [1.82, 2.24) is 29.9 Å². The quantitative estimate of drug-likeness (QED) is 0.698. The van der Waals surface area contributed by atoms with Crippen molar-refractivity contribution in [1.29, 1.82) is 0 Å². The van der Waals surface area contributed by atoms with Gasteiger partial charge in [0.05, 0.1) is 19.0 Å². The van der Waals surface area contributed by atoms with E-state index in [0.29, 0.717) is 30.2 Å². The molecule has 30 heavy (non-hydrogen) atoms. The molecule has 1 fully saturated rings. The number of hydrogen-bond acceptors (Lipinski definition) is 8. The molecule has 1 aliphatic rings. The summed E-state index contributed by atoms with van der Waals surface area (Å²) < 4.78 is 12.3. The largest absolute Gasteiger partial charge is 0.497 e. The predicted molar refractivity (Wildman–Crippen MR) is 111 cm³/mol. The van der Waals surface area contributed by atoms with Gasteiger partial charge in [-0.25, -0.2) is 9.78 Å². The van der Waals surface area contributed by atoms with Gasteiger partial charge in [0.15, 0.2) is 11.2 Å². The Morgan fingerprint density at radius 1 is 1.23 bits per heavy atom. The molecular formula is C20H25N7O3. The van der Waals surface area contributed by atoms with Gasteiger partial charge < -0.3 is 19.7 Å². The van der Waals surface area contributed by atoms with Crippen LogP contribution in [0.2, 0.25) is 0 Å². The molecule has 158 valence electrons. The van der Waals surface area contributed by atoms with E-state index < -0.39 is 5.60 Å². The minimum absolute atomic E-state index is 0.0419. The first kappa shape index (κ1) is 19.9. The van der Waals surface area contributed by atoms with Gasteiger partial charge in [0.1, 0.15) is 11.4 Å². The average molecular weight is 411 g/mol. The van der Waals surface area contributed by atoms with Crippen molar-refractivity contribution in [2.75, 3.05) is 25.5 Å². The van der Waals surface area contributed by atoms with Crippen LogP contribution in [-0.2, 0) is 4.74 Å². The lowest BCUT2D eigenvalue weighted by Crippen LogP contribution is -2.36. The van der Waals surface area contributed by atoms with Crippen LogP contribution in [0.1, 0.15) is 27.2 Å². The molecule has 10 heteroatoms. The Balaban J connectivity index is 1.48. The Morgan fingerprint density at radius 2 is 2.00 bits per heavy atom. The normalized spacial score (nSPS) is 16.7. The summed E-state index contributed by atoms with van der Waals surface area (Å²) in [6.07, 6.45) is 2.12. The lowest BCUT2D eigenvalue weighted by molar-refractivity contribution is 0.0293. The van der Waals surface area contributed by atoms with E-state index in [9.17, 15) is 4.79 Å². The first-order valence-corrected chi connectivity index (χ1v) is 9.80. The maximum Gasteiger partial charge on any atom is 0.410 e. The highest BCUT2D eigenvalue weighted by molar-refractivity contribution is 5.72. The van der Waals surface area contributed by atoms with Crippen molar-refractivity contribution < 1.29 is 14.3 Å². The molecule has 3 aromatic rings. The van der Waals surface area contributed by atoms with Gasteiger partial charge in [0.2, 0.25) is 5.95 Å². The second-order valence-electron chi connectivity index (χ2n) is 8.16. The van der Waals surface area contributed by atoms with Crippen molar-refractivity contribution in [2.24, 2.45) is 0 Å². The molecule has 1 amide bonds. The molecule has 1 N–H and O–H groups in total. The Labute approximate surface area is 174 Å². The fourth-order valence-corrected chi connectivity index (χ4v) is 3.25. The van der Waals surface area contributed by atoms with E-state index in [4.69, 9.17) is 9.47 Å². The van der Waals surface area contributed by atoms with Gasteiger partial charge in [0.25, 0.3) is 0 Å². The Bertz CT molecular complexity index is 1040. The molecule has 0 radical (unpaired) electrons. The fraction of sp³-hybridized carbons (Fsp3) is 0.450. The summed E-state index contributed by atoms with van der Waals surface area (Å²) in [5.74, 6) is 1.23. The number of anilines is 1. The second-order valence-corrected chi connectivity index (χ2v) is 8.16. The summed E-state index contributed by atoms with van der Waals surface area (Å²) in [5.41, 5.74) is 1.50. The number of amides is 1. The minimum Gasteiger partial charge on any atom is -0.497 e. The van der Waals surface area contributed by atoms with Gasteiger partial charge in [0, 0.05) is 19.1 Å². The number of carbonyl (C=O) groups excluding carboxylic acids is 1. The summed E-state index contributed by atoms with van der Waals surface area (Å²) in [6, 6.07) is 7.52. The predicted octanol–water partition coefficient (Wildman–Crippen LogP) is 2.64. The van der Waals surface area contributed by atoms with Gasteiger partial charge in [-0.2, -0.15) is 9.67 Å². The number of carbonyl (C=O) groups is 1. The van der Waals surface area contributed by atoms with Gasteiger partial charge in [-0.3, -0.25) is 0 Å². The number of ether oxygens (including phenoxy) is 2. The number of nitrogens with zero attached hydrogens (tertiary/aromatic N) is 6. The maximum absolute atomic E-state index is 12.3. The van der Waals surface area contributed by atoms with Crippen LogP contribution in [0.5, 0.6) is 5.75 Å². The third-order valence-corrected chi connectivity index (χ3v) is 4.68. The van der Waals surface area contributed by atoms with E-state index in [-0.39, 0.29) is 12.1 Å². The molecule has 0 saturated carbocycles. The summed E-state index contributed by atoms with van der Waals surface area (Å²) in [6.45, 7) is 6.74. The highest BCUT2D eigenvalue weighted by atomic mass is 16.6. The van der Waals surface area contributed by atoms with Crippen LogP contribution in [0, 0.1) is 0 Å². The summed E-state index contributed by atoms with van der Waals surface area (Å²) in [7, 11) is 1.62. The first-order valence-electron chi connectivity index (χ1n) is 9.80. The topological polar surface area (TPSA) is 107 Å². The standard InChI is InChI=1S/C20H25N7O3/c1-20(2,3)30-19(28)26-10-9-13(12-26)22-18-21-11-16-17(23-18)27(25-24-16)14-5-7-15(29-4)8-6-14/h5-8,11,13H,9-10,12H2,1-4H3,(H,21,22,23)/t13-/m0/s1. The lowest BCUT2D eigenvalue weighted by Gasteiger charge is -2.24. The SMILES string of the molecule is COc1ccc(-n2nnc3cnc(N[C@H]4CCN(C(=O)OC(C)(C)C)C4)nc32)cc1. The molecule has 2 aromatic heterocycles. The molecule has 0 bridgehead atoms. The van der Waals surface area contributed by atoms with Gasteiger partial charge >= 0.3 is 6.09 Å². The van der Waals surface area contributed by atoms with Crippen LogP contribution >= 0.6 is 0 Å². The van der Waals surface area contributed by atoms with Crippen LogP contribution < -0.4 is 10.1 Å².